The Hall–Kier alpha value is -4.64. The van der Waals surface area contributed by atoms with Crippen molar-refractivity contribution in [3.63, 3.8) is 0 Å². The number of aliphatic imine (C=N–C) groups is 8. The molecule has 76 heavy (non-hydrogen) atoms. The Kier molecular flexibility index (Phi) is 12.6. The van der Waals surface area contributed by atoms with Crippen molar-refractivity contribution >= 4 is 46.4 Å². The molecule has 8 heterocycles. The Balaban J connectivity index is 0.000000281. The molecule has 0 fully saturated rings. The van der Waals surface area contributed by atoms with Gasteiger partial charge in [-0.15, -0.1) is 0 Å². The summed E-state index contributed by atoms with van der Waals surface area (Å²) in [6, 6.07) is 0. The monoisotopic (exact) mass is 1100 g/mol. The van der Waals surface area contributed by atoms with Crippen LogP contribution in [0, 0.1) is 0 Å². The zero-order valence-electron chi connectivity index (χ0n) is 86.0. The zero-order chi connectivity index (χ0) is 91.3. The first-order valence-electron chi connectivity index (χ1n) is 45.4. The van der Waals surface area contributed by atoms with Crippen molar-refractivity contribution in [2.75, 3.05) is 133 Å². The molecular weight excluding hydrogens is 953 g/mol. The normalized spacial score (nSPS) is 31.9. The van der Waals surface area contributed by atoms with Gasteiger partial charge >= 0.3 is 0 Å². The molecule has 0 radical (unpaired) electrons. The topological polar surface area (TPSA) is 149 Å². The van der Waals surface area contributed by atoms with Gasteiger partial charge in [0.05, 0.1) is 31.8 Å². The summed E-state index contributed by atoms with van der Waals surface area (Å²) in [6.45, 7) is -6.58. The van der Waals surface area contributed by atoms with Crippen molar-refractivity contribution in [3.8, 4) is 0 Å². The van der Waals surface area contributed by atoms with Crippen molar-refractivity contribution in [1.82, 2.24) is 19.6 Å². The van der Waals surface area contributed by atoms with E-state index >= 15 is 0 Å². The fraction of sp³-hybridized carbons (Fsp3) is 0.733. The maximum atomic E-state index is 8.06. The molecule has 0 spiro atoms. The molecule has 8 aliphatic heterocycles. The van der Waals surface area contributed by atoms with Crippen LogP contribution in [0.15, 0.2) is 86.5 Å². The molecule has 0 aromatic heterocycles. The molecule has 0 unspecified atom stereocenters. The lowest BCUT2D eigenvalue weighted by atomic mass is 10.1. The van der Waals surface area contributed by atoms with Crippen LogP contribution in [-0.2, 0) is 18.9 Å². The lowest BCUT2D eigenvalue weighted by molar-refractivity contribution is 0.297. The minimum absolute atomic E-state index is 0.00742. The third kappa shape index (κ3) is 22.8. The number of hydrogen-bond acceptors (Lipinski definition) is 16. The molecule has 0 aliphatic carbocycles. The summed E-state index contributed by atoms with van der Waals surface area (Å²) in [5.74, 6) is -0.714. The first-order chi connectivity index (χ1) is 52.7. The van der Waals surface area contributed by atoms with E-state index in [1.54, 1.807) is 12.2 Å². The van der Waals surface area contributed by atoms with Gasteiger partial charge in [-0.2, -0.15) is 0 Å². The zero-order valence-corrected chi connectivity index (χ0v) is 44.0. The second-order valence-electron chi connectivity index (χ2n) is 16.4. The minimum atomic E-state index is -3.67. The fourth-order valence-electron chi connectivity index (χ4n) is 7.44. The van der Waals surface area contributed by atoms with E-state index < -0.39 is 148 Å². The maximum Gasteiger partial charge on any atom is 0.237 e. The number of nitrogens with zero attached hydrogens (tertiary/aromatic N) is 12. The smallest absolute Gasteiger partial charge is 0.237 e. The van der Waals surface area contributed by atoms with Crippen LogP contribution in [0.25, 0.3) is 0 Å². The highest BCUT2D eigenvalue weighted by molar-refractivity contribution is 6.48. The van der Waals surface area contributed by atoms with Gasteiger partial charge in [0.25, 0.3) is 0 Å². The molecule has 0 aromatic carbocycles. The van der Waals surface area contributed by atoms with Crippen molar-refractivity contribution in [1.29, 1.82) is 0 Å². The van der Waals surface area contributed by atoms with Gasteiger partial charge < -0.3 is 38.5 Å². The van der Waals surface area contributed by atoms with E-state index in [2.05, 4.69) is 44.8 Å². The van der Waals surface area contributed by atoms with Crippen molar-refractivity contribution in [2.24, 2.45) is 39.9 Å². The second-order valence-corrected chi connectivity index (χ2v) is 16.4. The first kappa shape index (κ1) is 25.6. The fourth-order valence-corrected chi connectivity index (χ4v) is 7.44. The van der Waals surface area contributed by atoms with Crippen LogP contribution in [0.1, 0.15) is 213 Å². The lowest BCUT2D eigenvalue weighted by Gasteiger charge is -2.23. The van der Waals surface area contributed by atoms with Crippen LogP contribution in [0.5, 0.6) is 0 Å². The average Bonchev–Trinajstić information content (AvgIpc) is 0.894. The molecule has 0 saturated heterocycles. The quantitative estimate of drug-likeness (QED) is 0.0928. The van der Waals surface area contributed by atoms with Crippen LogP contribution in [0.4, 0.5) is 0 Å². The van der Waals surface area contributed by atoms with Crippen molar-refractivity contribution in [3.05, 3.63) is 46.6 Å². The maximum absolute atomic E-state index is 8.06. The summed E-state index contributed by atoms with van der Waals surface area (Å²) in [7, 11) is 3.86. The predicted octanol–water partition coefficient (Wildman–Crippen LogP) is 10.6. The van der Waals surface area contributed by atoms with Gasteiger partial charge in [-0.25, -0.2) is 20.0 Å². The summed E-state index contributed by atoms with van der Waals surface area (Å²) in [5.41, 5.74) is 3.60. The Bertz CT molecular complexity index is 3980. The largest absolute Gasteiger partial charge is 0.476 e. The summed E-state index contributed by atoms with van der Waals surface area (Å²) < 4.78 is 349. The van der Waals surface area contributed by atoms with Gasteiger partial charge in [-0.1, -0.05) is 128 Å². The highest BCUT2D eigenvalue weighted by Gasteiger charge is 2.26. The number of hydrogen-bond donors (Lipinski definition) is 0. The summed E-state index contributed by atoms with van der Waals surface area (Å²) in [5, 5.41) is 0. The van der Waals surface area contributed by atoms with Crippen molar-refractivity contribution in [2.45, 2.75) is 155 Å². The molecule has 16 nitrogen and oxygen atoms in total. The van der Waals surface area contributed by atoms with Gasteiger partial charge in [0.15, 0.2) is 0 Å². The number of likely N-dealkylation sites (N-methyl/N-ethyl adjacent to an activating group) is 4. The van der Waals surface area contributed by atoms with E-state index in [0.29, 0.717) is 49.3 Å². The minimum Gasteiger partial charge on any atom is -0.476 e. The highest BCUT2D eigenvalue weighted by atomic mass is 16.5. The van der Waals surface area contributed by atoms with E-state index in [4.69, 9.17) is 76.5 Å². The van der Waals surface area contributed by atoms with E-state index in [9.17, 15) is 0 Å². The molecule has 0 bridgehead atoms. The van der Waals surface area contributed by atoms with E-state index in [1.165, 1.54) is 9.80 Å². The Labute approximate surface area is 518 Å². The highest BCUT2D eigenvalue weighted by Crippen LogP contribution is 2.19. The number of rotatable bonds is 24. The van der Waals surface area contributed by atoms with Gasteiger partial charge in [-0.05, 0) is 102 Å². The second kappa shape index (κ2) is 37.2. The molecule has 8 aliphatic rings. The van der Waals surface area contributed by atoms with Gasteiger partial charge in [0, 0.05) is 104 Å². The third-order valence-electron chi connectivity index (χ3n) is 10.8. The van der Waals surface area contributed by atoms with Gasteiger partial charge in [0.1, 0.15) is 49.5 Å². The van der Waals surface area contributed by atoms with E-state index in [-0.39, 0.29) is 81.1 Å². The molecule has 16 heteroatoms. The van der Waals surface area contributed by atoms with Crippen LogP contribution in [0.2, 0.25) is 0 Å². The molecule has 0 aromatic rings. The van der Waals surface area contributed by atoms with E-state index in [0.717, 1.165) is 64.8 Å². The Morgan fingerprint density at radius 3 is 0.974 bits per heavy atom. The molecule has 0 amide bonds. The first-order valence-corrected chi connectivity index (χ1v) is 24.4. The summed E-state index contributed by atoms with van der Waals surface area (Å²) >= 11 is 0. The van der Waals surface area contributed by atoms with Crippen molar-refractivity contribution < 1.29 is 76.5 Å². The Morgan fingerprint density at radius 2 is 0.671 bits per heavy atom. The SMILES string of the molecule is [2H]C([2H])(C)C([2H])([2H])C([2H])([2H])C([2H])([2H])C([2H])([2H])OC1=NCN=C1C1=CCCN(C)C1.[2H]C([2H])(C)C([2H])([2H])C([2H])([2H])C([2H])([2H])COC1=NCN=C1C1=CCCN(C)C1.[2H]C([2H])([2H])N1CCC=C(C2=NCN=C2OC([2H])([2H])C([2H])([2H])C([2H])([2H])C([2H])([2H])C([2H])([2H])C)C1.[2H]C([2H])([2H])N1CCC=C(C2=NCN=C2OCC([2H])([2H])C([2H])([2H])C([2H])([2H])C([2H])([2H])C)C1. The van der Waals surface area contributed by atoms with Crippen LogP contribution < -0.4 is 0 Å². The predicted molar refractivity (Wildman–Crippen MR) is 320 cm³/mol. The van der Waals surface area contributed by atoms with Gasteiger partial charge in [-0.3, -0.25) is 20.0 Å². The molecule has 0 N–H and O–H groups in total. The van der Waals surface area contributed by atoms with Crippen LogP contribution >= 0.6 is 0 Å². The molecule has 0 saturated carbocycles. The Morgan fingerprint density at radius 1 is 0.382 bits per heavy atom. The lowest BCUT2D eigenvalue weighted by Crippen LogP contribution is -2.31. The van der Waals surface area contributed by atoms with Crippen LogP contribution in [0.3, 0.4) is 0 Å². The summed E-state index contributed by atoms with van der Waals surface area (Å²) in [4.78, 5) is 39.2. The summed E-state index contributed by atoms with van der Waals surface area (Å²) in [6.07, 6.45) is -40.6. The molecule has 0 atom stereocenters. The van der Waals surface area contributed by atoms with E-state index in [1.807, 2.05) is 31.1 Å². The average molecular weight is 1100 g/mol. The number of ether oxygens (including phenoxy) is 4. The molecule has 8 rings (SSSR count). The molecular formula is C60H100N12O4. The van der Waals surface area contributed by atoms with Crippen LogP contribution in [-0.4, -0.2) is 199 Å². The third-order valence-corrected chi connectivity index (χ3v) is 10.8. The van der Waals surface area contributed by atoms with Gasteiger partial charge in [0.2, 0.25) is 23.6 Å². The molecule has 424 valence electrons. The standard InChI is InChI=1S/4C15H25N3O/c4*1-3-4-5-6-10-19-15-14(16-12-17-15)13-8-7-9-18(2)11-13/h4*8H,3-7,9-12H2,1-2H3/i2D3,3D2,4D2,5D2,6D2,10D2;3D2,4D2,5D2,6D2,10D2;2D3,3D2,4D2,5D2,6D2;3D2,4D2,5D2,6D2.